The molecule has 0 aliphatic carbocycles. The van der Waals surface area contributed by atoms with Crippen molar-refractivity contribution in [3.05, 3.63) is 78.5 Å². The molecule has 0 fully saturated rings. The van der Waals surface area contributed by atoms with Crippen molar-refractivity contribution in [1.82, 2.24) is 29.4 Å². The first-order chi connectivity index (χ1) is 13.3. The molecule has 3 heterocycles. The molecule has 3 aromatic heterocycles. The van der Waals surface area contributed by atoms with Crippen LogP contribution in [0.5, 0.6) is 5.75 Å². The minimum atomic E-state index is 0.639. The molecule has 0 radical (unpaired) electrons. The van der Waals surface area contributed by atoms with Gasteiger partial charge >= 0.3 is 0 Å². The van der Waals surface area contributed by atoms with E-state index in [0.29, 0.717) is 6.42 Å². The normalized spacial score (nSPS) is 11.3. The molecule has 0 unspecified atom stereocenters. The molecule has 132 valence electrons. The number of methoxy groups -OCH3 is 1. The number of aromatic nitrogens is 6. The molecule has 7 heteroatoms. The van der Waals surface area contributed by atoms with Gasteiger partial charge in [-0.2, -0.15) is 5.10 Å². The lowest BCUT2D eigenvalue weighted by molar-refractivity contribution is 0.414. The summed E-state index contributed by atoms with van der Waals surface area (Å²) in [4.78, 5) is 9.25. The van der Waals surface area contributed by atoms with Gasteiger partial charge in [-0.1, -0.05) is 30.3 Å². The molecular formula is C20H16N6O. The quantitative estimate of drug-likeness (QED) is 0.495. The third-order valence-electron chi connectivity index (χ3n) is 4.47. The molecule has 0 saturated carbocycles. The first-order valence-corrected chi connectivity index (χ1v) is 8.58. The highest BCUT2D eigenvalue weighted by Crippen LogP contribution is 2.20. The Morgan fingerprint density at radius 1 is 0.963 bits per heavy atom. The Labute approximate surface area is 154 Å². The second-order valence-electron chi connectivity index (χ2n) is 6.19. The smallest absolute Gasteiger partial charge is 0.170 e. The first-order valence-electron chi connectivity index (χ1n) is 8.58. The third kappa shape index (κ3) is 2.69. The van der Waals surface area contributed by atoms with Gasteiger partial charge in [0.25, 0.3) is 0 Å². The molecule has 0 bridgehead atoms. The van der Waals surface area contributed by atoms with E-state index in [1.807, 2.05) is 59.3 Å². The Morgan fingerprint density at radius 3 is 2.56 bits per heavy atom. The Hall–Kier alpha value is -3.74. The van der Waals surface area contributed by atoms with Crippen LogP contribution in [0.4, 0.5) is 0 Å². The molecule has 7 nitrogen and oxygen atoms in total. The maximum Gasteiger partial charge on any atom is 0.170 e. The summed E-state index contributed by atoms with van der Waals surface area (Å²) in [5, 5.41) is 9.91. The van der Waals surface area contributed by atoms with Crippen LogP contribution in [0.25, 0.3) is 22.4 Å². The van der Waals surface area contributed by atoms with Crippen molar-refractivity contribution >= 4 is 16.7 Å². The molecule has 5 aromatic rings. The Bertz CT molecular complexity index is 1220. The molecule has 0 amide bonds. The summed E-state index contributed by atoms with van der Waals surface area (Å²) in [5.74, 6) is 1.57. The van der Waals surface area contributed by atoms with Crippen molar-refractivity contribution in [1.29, 1.82) is 0 Å². The van der Waals surface area contributed by atoms with E-state index in [2.05, 4.69) is 15.2 Å². The van der Waals surface area contributed by atoms with Crippen LogP contribution in [0.3, 0.4) is 0 Å². The van der Waals surface area contributed by atoms with E-state index in [1.165, 1.54) is 0 Å². The Morgan fingerprint density at radius 2 is 1.78 bits per heavy atom. The van der Waals surface area contributed by atoms with Gasteiger partial charge in [-0.15, -0.1) is 5.10 Å². The summed E-state index contributed by atoms with van der Waals surface area (Å²) in [7, 11) is 1.66. The average molecular weight is 356 g/mol. The number of ether oxygens (including phenoxy) is 1. The SMILES string of the molecule is COc1ccc(Cc2nc3c4cnn(-c5ccccc5)c4ncn3n2)cc1. The zero-order chi connectivity index (χ0) is 18.2. The summed E-state index contributed by atoms with van der Waals surface area (Å²) in [6.45, 7) is 0. The molecule has 5 rings (SSSR count). The predicted molar refractivity (Wildman–Crippen MR) is 101 cm³/mol. The fourth-order valence-corrected chi connectivity index (χ4v) is 3.12. The Kier molecular flexibility index (Phi) is 3.57. The van der Waals surface area contributed by atoms with Crippen LogP contribution in [-0.4, -0.2) is 36.5 Å². The van der Waals surface area contributed by atoms with Gasteiger partial charge in [0.15, 0.2) is 17.1 Å². The third-order valence-corrected chi connectivity index (χ3v) is 4.47. The summed E-state index contributed by atoms with van der Waals surface area (Å²) in [5.41, 5.74) is 3.60. The lowest BCUT2D eigenvalue weighted by atomic mass is 10.1. The van der Waals surface area contributed by atoms with Crippen LogP contribution >= 0.6 is 0 Å². The van der Waals surface area contributed by atoms with Crippen molar-refractivity contribution in [2.75, 3.05) is 7.11 Å². The van der Waals surface area contributed by atoms with Crippen LogP contribution < -0.4 is 4.74 Å². The van der Waals surface area contributed by atoms with Crippen LogP contribution in [0.2, 0.25) is 0 Å². The molecule has 0 spiro atoms. The molecular weight excluding hydrogens is 340 g/mol. The van der Waals surface area contributed by atoms with Gasteiger partial charge in [-0.3, -0.25) is 0 Å². The number of para-hydroxylation sites is 1. The monoisotopic (exact) mass is 356 g/mol. The van der Waals surface area contributed by atoms with E-state index < -0.39 is 0 Å². The molecule has 2 aromatic carbocycles. The van der Waals surface area contributed by atoms with E-state index in [-0.39, 0.29) is 0 Å². The van der Waals surface area contributed by atoms with Gasteiger partial charge < -0.3 is 4.74 Å². The lowest BCUT2D eigenvalue weighted by Gasteiger charge is -2.01. The summed E-state index contributed by atoms with van der Waals surface area (Å²) in [6.07, 6.45) is 4.11. The zero-order valence-electron chi connectivity index (χ0n) is 14.6. The van der Waals surface area contributed by atoms with E-state index in [0.717, 1.165) is 39.5 Å². The van der Waals surface area contributed by atoms with Gasteiger partial charge in [-0.05, 0) is 29.8 Å². The average Bonchev–Trinajstić information content (AvgIpc) is 3.32. The maximum atomic E-state index is 5.20. The fourth-order valence-electron chi connectivity index (χ4n) is 3.12. The zero-order valence-corrected chi connectivity index (χ0v) is 14.6. The second kappa shape index (κ2) is 6.21. The highest BCUT2D eigenvalue weighted by atomic mass is 16.5. The van der Waals surface area contributed by atoms with Gasteiger partial charge in [0.1, 0.15) is 12.1 Å². The molecule has 0 atom stereocenters. The molecule has 0 N–H and O–H groups in total. The highest BCUT2D eigenvalue weighted by Gasteiger charge is 2.13. The van der Waals surface area contributed by atoms with Crippen LogP contribution in [-0.2, 0) is 6.42 Å². The minimum Gasteiger partial charge on any atom is -0.497 e. The van der Waals surface area contributed by atoms with E-state index in [1.54, 1.807) is 24.1 Å². The van der Waals surface area contributed by atoms with Crippen LogP contribution in [0.15, 0.2) is 67.1 Å². The number of nitrogens with zero attached hydrogens (tertiary/aromatic N) is 6. The second-order valence-corrected chi connectivity index (χ2v) is 6.19. The van der Waals surface area contributed by atoms with Crippen LogP contribution in [0.1, 0.15) is 11.4 Å². The number of fused-ring (bicyclic) bond motifs is 3. The van der Waals surface area contributed by atoms with Crippen molar-refractivity contribution in [3.63, 3.8) is 0 Å². The summed E-state index contributed by atoms with van der Waals surface area (Å²) >= 11 is 0. The number of benzene rings is 2. The standard InChI is InChI=1S/C20H16N6O/c1-27-16-9-7-14(8-10-16)11-18-23-20-17-12-22-26(15-5-3-2-4-6-15)19(17)21-13-25(20)24-18/h2-10,12-13H,11H2,1H3. The van der Waals surface area contributed by atoms with E-state index in [4.69, 9.17) is 9.72 Å². The molecule has 0 aliphatic heterocycles. The van der Waals surface area contributed by atoms with Gasteiger partial charge in [-0.25, -0.2) is 19.2 Å². The van der Waals surface area contributed by atoms with Gasteiger partial charge in [0, 0.05) is 6.42 Å². The van der Waals surface area contributed by atoms with Gasteiger partial charge in [0.2, 0.25) is 0 Å². The fraction of sp³-hybridized carbons (Fsp3) is 0.100. The number of rotatable bonds is 4. The van der Waals surface area contributed by atoms with Crippen molar-refractivity contribution in [2.24, 2.45) is 0 Å². The molecule has 0 saturated heterocycles. The highest BCUT2D eigenvalue weighted by molar-refractivity contribution is 5.89. The van der Waals surface area contributed by atoms with E-state index >= 15 is 0 Å². The maximum absolute atomic E-state index is 5.20. The molecule has 27 heavy (non-hydrogen) atoms. The summed E-state index contributed by atoms with van der Waals surface area (Å²) in [6, 6.07) is 17.8. The van der Waals surface area contributed by atoms with Crippen molar-refractivity contribution in [3.8, 4) is 11.4 Å². The van der Waals surface area contributed by atoms with Crippen molar-refractivity contribution in [2.45, 2.75) is 6.42 Å². The van der Waals surface area contributed by atoms with Crippen LogP contribution in [0, 0.1) is 0 Å². The lowest BCUT2D eigenvalue weighted by Crippen LogP contribution is -1.98. The van der Waals surface area contributed by atoms with Gasteiger partial charge in [0.05, 0.1) is 24.4 Å². The summed E-state index contributed by atoms with van der Waals surface area (Å²) < 4.78 is 8.72. The number of hydrogen-bond acceptors (Lipinski definition) is 5. The largest absolute Gasteiger partial charge is 0.497 e. The Balaban J connectivity index is 1.55. The predicted octanol–water partition coefficient (Wildman–Crippen LogP) is 3.06. The topological polar surface area (TPSA) is 70.1 Å². The minimum absolute atomic E-state index is 0.639. The van der Waals surface area contributed by atoms with E-state index in [9.17, 15) is 0 Å². The van der Waals surface area contributed by atoms with Crippen molar-refractivity contribution < 1.29 is 4.74 Å². The number of hydrogen-bond donors (Lipinski definition) is 0. The first kappa shape index (κ1) is 15.5. The molecule has 0 aliphatic rings.